The number of hydrogen-bond acceptors (Lipinski definition) is 3. The summed E-state index contributed by atoms with van der Waals surface area (Å²) >= 11 is 3.39. The number of hydrogen-bond donors (Lipinski definition) is 1. The standard InChI is InChI=1S/C16H11BrN2O2/c1-9-14(16(20)21)12-8-18-7-6-13(12)19-15(9)10-2-4-11(17)5-3-10/h2-8H,1H3,(H,20,21). The van der Waals surface area contributed by atoms with Crippen LogP contribution in [0.4, 0.5) is 0 Å². The summed E-state index contributed by atoms with van der Waals surface area (Å²) in [5.74, 6) is -0.966. The Hall–Kier alpha value is -2.27. The van der Waals surface area contributed by atoms with Gasteiger partial charge >= 0.3 is 5.97 Å². The zero-order valence-corrected chi connectivity index (χ0v) is 12.8. The van der Waals surface area contributed by atoms with Crippen molar-refractivity contribution in [2.75, 3.05) is 0 Å². The molecule has 0 radical (unpaired) electrons. The van der Waals surface area contributed by atoms with E-state index in [-0.39, 0.29) is 5.56 Å². The highest BCUT2D eigenvalue weighted by Gasteiger charge is 2.18. The summed E-state index contributed by atoms with van der Waals surface area (Å²) in [5.41, 5.74) is 3.10. The monoisotopic (exact) mass is 342 g/mol. The van der Waals surface area contributed by atoms with Gasteiger partial charge in [-0.25, -0.2) is 9.78 Å². The molecule has 0 aliphatic heterocycles. The number of carboxylic acids is 1. The Balaban J connectivity index is 2.36. The molecule has 0 amide bonds. The number of fused-ring (bicyclic) bond motifs is 1. The van der Waals surface area contributed by atoms with Crippen LogP contribution in [0.15, 0.2) is 47.2 Å². The summed E-state index contributed by atoms with van der Waals surface area (Å²) in [5, 5.41) is 10.1. The van der Waals surface area contributed by atoms with E-state index in [0.717, 1.165) is 10.0 Å². The fraction of sp³-hybridized carbons (Fsp3) is 0.0625. The van der Waals surface area contributed by atoms with Crippen molar-refractivity contribution in [3.63, 3.8) is 0 Å². The summed E-state index contributed by atoms with van der Waals surface area (Å²) < 4.78 is 0.965. The van der Waals surface area contributed by atoms with Crippen molar-refractivity contribution in [2.24, 2.45) is 0 Å². The lowest BCUT2D eigenvalue weighted by atomic mass is 9.99. The Bertz CT molecular complexity index is 845. The molecule has 3 rings (SSSR count). The van der Waals surface area contributed by atoms with Gasteiger partial charge in [0.15, 0.2) is 0 Å². The van der Waals surface area contributed by atoms with Gasteiger partial charge in [-0.15, -0.1) is 0 Å². The van der Waals surface area contributed by atoms with Gasteiger partial charge in [0.2, 0.25) is 0 Å². The van der Waals surface area contributed by atoms with Crippen molar-refractivity contribution < 1.29 is 9.90 Å². The predicted octanol–water partition coefficient (Wildman–Crippen LogP) is 4.07. The first-order valence-electron chi connectivity index (χ1n) is 6.31. The van der Waals surface area contributed by atoms with Crippen LogP contribution in [0.25, 0.3) is 22.2 Å². The van der Waals surface area contributed by atoms with Crippen LogP contribution < -0.4 is 0 Å². The van der Waals surface area contributed by atoms with Crippen LogP contribution in [0.5, 0.6) is 0 Å². The zero-order chi connectivity index (χ0) is 15.0. The molecular weight excluding hydrogens is 332 g/mol. The van der Waals surface area contributed by atoms with E-state index in [1.165, 1.54) is 0 Å². The summed E-state index contributed by atoms with van der Waals surface area (Å²) in [6.07, 6.45) is 3.16. The Labute approximate surface area is 129 Å². The molecule has 0 bridgehead atoms. The van der Waals surface area contributed by atoms with E-state index in [0.29, 0.717) is 22.2 Å². The molecule has 4 nitrogen and oxygen atoms in total. The molecule has 1 aromatic carbocycles. The molecule has 3 aromatic rings. The third-order valence-electron chi connectivity index (χ3n) is 3.36. The third-order valence-corrected chi connectivity index (χ3v) is 3.89. The largest absolute Gasteiger partial charge is 0.478 e. The molecule has 0 unspecified atom stereocenters. The molecule has 0 aliphatic carbocycles. The van der Waals surface area contributed by atoms with Crippen molar-refractivity contribution in [3.05, 3.63) is 58.3 Å². The van der Waals surface area contributed by atoms with Crippen LogP contribution in [-0.4, -0.2) is 21.0 Å². The second kappa shape index (κ2) is 5.26. The molecule has 0 spiro atoms. The lowest BCUT2D eigenvalue weighted by molar-refractivity contribution is 0.0698. The molecule has 5 heteroatoms. The average molecular weight is 343 g/mol. The Kier molecular flexibility index (Phi) is 3.43. The summed E-state index contributed by atoms with van der Waals surface area (Å²) in [7, 11) is 0. The minimum Gasteiger partial charge on any atom is -0.478 e. The van der Waals surface area contributed by atoms with Gasteiger partial charge in [-0.1, -0.05) is 28.1 Å². The third kappa shape index (κ3) is 2.40. The first kappa shape index (κ1) is 13.7. The first-order chi connectivity index (χ1) is 10.1. The SMILES string of the molecule is Cc1c(-c2ccc(Br)cc2)nc2ccncc2c1C(=O)O. The molecule has 1 N–H and O–H groups in total. The quantitative estimate of drug-likeness (QED) is 0.762. The smallest absolute Gasteiger partial charge is 0.336 e. The predicted molar refractivity (Wildman–Crippen MR) is 84.4 cm³/mol. The highest BCUT2D eigenvalue weighted by atomic mass is 79.9. The van der Waals surface area contributed by atoms with Gasteiger partial charge in [0.25, 0.3) is 0 Å². The number of halogens is 1. The molecule has 0 saturated carbocycles. The molecule has 104 valence electrons. The van der Waals surface area contributed by atoms with Crippen LogP contribution >= 0.6 is 15.9 Å². The van der Waals surface area contributed by atoms with E-state index >= 15 is 0 Å². The van der Waals surface area contributed by atoms with E-state index in [1.807, 2.05) is 24.3 Å². The number of aromatic nitrogens is 2. The second-order valence-electron chi connectivity index (χ2n) is 4.67. The van der Waals surface area contributed by atoms with E-state index in [2.05, 4.69) is 25.9 Å². The number of aromatic carboxylic acids is 1. The Morgan fingerprint density at radius 2 is 1.90 bits per heavy atom. The highest BCUT2D eigenvalue weighted by Crippen LogP contribution is 2.29. The van der Waals surface area contributed by atoms with Gasteiger partial charge in [0.1, 0.15) is 0 Å². The van der Waals surface area contributed by atoms with Crippen molar-refractivity contribution in [3.8, 4) is 11.3 Å². The lowest BCUT2D eigenvalue weighted by Gasteiger charge is -2.11. The normalized spacial score (nSPS) is 10.8. The molecule has 0 fully saturated rings. The number of nitrogens with zero attached hydrogens (tertiary/aromatic N) is 2. The maximum atomic E-state index is 11.6. The molecule has 2 heterocycles. The van der Waals surface area contributed by atoms with Gasteiger partial charge in [-0.3, -0.25) is 4.98 Å². The van der Waals surface area contributed by atoms with Crippen LogP contribution in [0, 0.1) is 6.92 Å². The van der Waals surface area contributed by atoms with Gasteiger partial charge in [-0.2, -0.15) is 0 Å². The Morgan fingerprint density at radius 3 is 2.57 bits per heavy atom. The molecule has 0 saturated heterocycles. The lowest BCUT2D eigenvalue weighted by Crippen LogP contribution is -2.05. The van der Waals surface area contributed by atoms with Crippen molar-refractivity contribution in [2.45, 2.75) is 6.92 Å². The molecule has 21 heavy (non-hydrogen) atoms. The Morgan fingerprint density at radius 1 is 1.19 bits per heavy atom. The maximum Gasteiger partial charge on any atom is 0.336 e. The van der Waals surface area contributed by atoms with Gasteiger partial charge in [0, 0.05) is 27.8 Å². The molecule has 0 atom stereocenters. The number of pyridine rings is 2. The first-order valence-corrected chi connectivity index (χ1v) is 7.11. The number of carboxylic acid groups (broad SMARTS) is 1. The number of rotatable bonds is 2. The maximum absolute atomic E-state index is 11.6. The van der Waals surface area contributed by atoms with E-state index in [1.54, 1.807) is 25.4 Å². The van der Waals surface area contributed by atoms with Crippen molar-refractivity contribution in [1.29, 1.82) is 0 Å². The zero-order valence-electron chi connectivity index (χ0n) is 11.2. The number of carbonyl (C=O) groups is 1. The van der Waals surface area contributed by atoms with Crippen molar-refractivity contribution in [1.82, 2.24) is 9.97 Å². The molecule has 2 aromatic heterocycles. The fourth-order valence-electron chi connectivity index (χ4n) is 2.37. The van der Waals surface area contributed by atoms with Crippen LogP contribution in [-0.2, 0) is 0 Å². The van der Waals surface area contributed by atoms with Crippen LogP contribution in [0.2, 0.25) is 0 Å². The molecular formula is C16H11BrN2O2. The van der Waals surface area contributed by atoms with Crippen LogP contribution in [0.3, 0.4) is 0 Å². The van der Waals surface area contributed by atoms with E-state index < -0.39 is 5.97 Å². The average Bonchev–Trinajstić information content (AvgIpc) is 2.47. The van der Waals surface area contributed by atoms with Crippen molar-refractivity contribution >= 4 is 32.8 Å². The van der Waals surface area contributed by atoms with Crippen LogP contribution in [0.1, 0.15) is 15.9 Å². The second-order valence-corrected chi connectivity index (χ2v) is 5.58. The van der Waals surface area contributed by atoms with E-state index in [9.17, 15) is 9.90 Å². The van der Waals surface area contributed by atoms with Gasteiger partial charge in [0.05, 0.1) is 16.8 Å². The topological polar surface area (TPSA) is 63.1 Å². The summed E-state index contributed by atoms with van der Waals surface area (Å²) in [6.45, 7) is 1.78. The minimum absolute atomic E-state index is 0.256. The molecule has 0 aliphatic rings. The summed E-state index contributed by atoms with van der Waals surface area (Å²) in [4.78, 5) is 20.2. The van der Waals surface area contributed by atoms with Gasteiger partial charge < -0.3 is 5.11 Å². The summed E-state index contributed by atoms with van der Waals surface area (Å²) in [6, 6.07) is 9.38. The van der Waals surface area contributed by atoms with Gasteiger partial charge in [-0.05, 0) is 30.7 Å². The van der Waals surface area contributed by atoms with E-state index in [4.69, 9.17) is 0 Å². The fourth-order valence-corrected chi connectivity index (χ4v) is 2.63. The minimum atomic E-state index is -0.966. The highest BCUT2D eigenvalue weighted by molar-refractivity contribution is 9.10. The number of benzene rings is 1.